The fourth-order valence-electron chi connectivity index (χ4n) is 1.37. The van der Waals surface area contributed by atoms with E-state index in [1.807, 2.05) is 33.0 Å². The smallest absolute Gasteiger partial charge is 0.213 e. The molecule has 1 unspecified atom stereocenters. The predicted octanol–water partition coefficient (Wildman–Crippen LogP) is 2.17. The second-order valence-electron chi connectivity index (χ2n) is 4.21. The van der Waals surface area contributed by atoms with Crippen LogP contribution in [0, 0.1) is 0 Å². The Bertz CT molecular complexity index is 329. The molecule has 0 saturated carbocycles. The van der Waals surface area contributed by atoms with E-state index in [0.29, 0.717) is 25.1 Å². The van der Waals surface area contributed by atoms with Gasteiger partial charge in [-0.3, -0.25) is 0 Å². The normalized spacial score (nSPS) is 12.8. The van der Waals surface area contributed by atoms with Crippen LogP contribution in [-0.2, 0) is 4.74 Å². The van der Waals surface area contributed by atoms with Gasteiger partial charge >= 0.3 is 0 Å². The fourth-order valence-corrected chi connectivity index (χ4v) is 1.37. The van der Waals surface area contributed by atoms with E-state index < -0.39 is 0 Å². The van der Waals surface area contributed by atoms with Gasteiger partial charge in [-0.2, -0.15) is 0 Å². The minimum atomic E-state index is 0.238. The number of ether oxygens (including phenoxy) is 2. The molecule has 0 spiro atoms. The molecule has 1 N–H and O–H groups in total. The lowest BCUT2D eigenvalue weighted by molar-refractivity contribution is 0.0542. The lowest BCUT2D eigenvalue weighted by Crippen LogP contribution is -2.14. The Kier molecular flexibility index (Phi) is 5.94. The Morgan fingerprint density at radius 1 is 1.29 bits per heavy atom. The quantitative estimate of drug-likeness (QED) is 0.739. The zero-order valence-corrected chi connectivity index (χ0v) is 11.1. The first-order valence-electron chi connectivity index (χ1n) is 6.01. The summed E-state index contributed by atoms with van der Waals surface area (Å²) < 4.78 is 10.9. The minimum Gasteiger partial charge on any atom is -0.475 e. The first-order chi connectivity index (χ1) is 8.13. The molecular formula is C13H22N2O2. The summed E-state index contributed by atoms with van der Waals surface area (Å²) in [5.74, 6) is 0.650. The fraction of sp³-hybridized carbons (Fsp3) is 0.615. The molecule has 0 radical (unpaired) electrons. The average Bonchev–Trinajstić information content (AvgIpc) is 2.34. The second-order valence-corrected chi connectivity index (χ2v) is 4.21. The number of nitrogens with one attached hydrogen (secondary N) is 1. The standard InChI is InChI=1S/C13H22N2O2/c1-10(2)16-7-8-17-13-9-12(5-6-15-13)11(3)14-4/h5-6,9-11,14H,7-8H2,1-4H3. The highest BCUT2D eigenvalue weighted by atomic mass is 16.5. The molecule has 96 valence electrons. The molecule has 0 aliphatic heterocycles. The van der Waals surface area contributed by atoms with Crippen molar-refractivity contribution in [2.75, 3.05) is 20.3 Å². The van der Waals surface area contributed by atoms with Crippen LogP contribution in [0.2, 0.25) is 0 Å². The van der Waals surface area contributed by atoms with Crippen molar-refractivity contribution in [1.29, 1.82) is 0 Å². The molecule has 0 saturated heterocycles. The van der Waals surface area contributed by atoms with Crippen LogP contribution < -0.4 is 10.1 Å². The number of aromatic nitrogens is 1. The van der Waals surface area contributed by atoms with Crippen molar-refractivity contribution < 1.29 is 9.47 Å². The first kappa shape index (κ1) is 13.9. The molecule has 1 aromatic rings. The Hall–Kier alpha value is -1.13. The van der Waals surface area contributed by atoms with Gasteiger partial charge in [0, 0.05) is 18.3 Å². The van der Waals surface area contributed by atoms with Gasteiger partial charge in [0.25, 0.3) is 0 Å². The van der Waals surface area contributed by atoms with Crippen LogP contribution in [0.3, 0.4) is 0 Å². The van der Waals surface area contributed by atoms with Crippen molar-refractivity contribution in [2.24, 2.45) is 0 Å². The molecule has 1 heterocycles. The SMILES string of the molecule is CNC(C)c1ccnc(OCCOC(C)C)c1. The van der Waals surface area contributed by atoms with Crippen LogP contribution >= 0.6 is 0 Å². The molecule has 4 heteroatoms. The van der Waals surface area contributed by atoms with Gasteiger partial charge in [-0.15, -0.1) is 0 Å². The van der Waals surface area contributed by atoms with E-state index in [-0.39, 0.29) is 6.10 Å². The van der Waals surface area contributed by atoms with Crippen LogP contribution in [0.4, 0.5) is 0 Å². The molecule has 0 aliphatic carbocycles. The molecule has 17 heavy (non-hydrogen) atoms. The summed E-state index contributed by atoms with van der Waals surface area (Å²) in [6, 6.07) is 4.24. The maximum absolute atomic E-state index is 5.53. The molecule has 0 amide bonds. The molecule has 1 rings (SSSR count). The Labute approximate surface area is 103 Å². The molecule has 0 aliphatic rings. The largest absolute Gasteiger partial charge is 0.475 e. The first-order valence-corrected chi connectivity index (χ1v) is 6.01. The van der Waals surface area contributed by atoms with E-state index in [4.69, 9.17) is 9.47 Å². The van der Waals surface area contributed by atoms with Crippen molar-refractivity contribution in [2.45, 2.75) is 32.9 Å². The van der Waals surface area contributed by atoms with E-state index in [0.717, 1.165) is 0 Å². The van der Waals surface area contributed by atoms with Crippen LogP contribution in [0.15, 0.2) is 18.3 Å². The summed E-state index contributed by atoms with van der Waals surface area (Å²) >= 11 is 0. The number of nitrogens with zero attached hydrogens (tertiary/aromatic N) is 1. The number of hydrogen-bond donors (Lipinski definition) is 1. The lowest BCUT2D eigenvalue weighted by Gasteiger charge is -2.12. The molecule has 0 aromatic carbocycles. The van der Waals surface area contributed by atoms with Gasteiger partial charge in [0.2, 0.25) is 5.88 Å². The molecule has 1 atom stereocenters. The second kappa shape index (κ2) is 7.25. The van der Waals surface area contributed by atoms with Crippen molar-refractivity contribution in [1.82, 2.24) is 10.3 Å². The number of hydrogen-bond acceptors (Lipinski definition) is 4. The van der Waals surface area contributed by atoms with E-state index in [1.54, 1.807) is 6.20 Å². The highest BCUT2D eigenvalue weighted by Gasteiger charge is 2.04. The van der Waals surface area contributed by atoms with Gasteiger partial charge in [-0.05, 0) is 39.4 Å². The highest BCUT2D eigenvalue weighted by molar-refractivity contribution is 5.23. The minimum absolute atomic E-state index is 0.238. The van der Waals surface area contributed by atoms with E-state index in [1.165, 1.54) is 5.56 Å². The molecule has 0 fully saturated rings. The average molecular weight is 238 g/mol. The third kappa shape index (κ3) is 5.15. The van der Waals surface area contributed by atoms with E-state index in [9.17, 15) is 0 Å². The number of pyridine rings is 1. The Morgan fingerprint density at radius 2 is 2.06 bits per heavy atom. The van der Waals surface area contributed by atoms with E-state index >= 15 is 0 Å². The van der Waals surface area contributed by atoms with Gasteiger partial charge in [0.1, 0.15) is 6.61 Å². The van der Waals surface area contributed by atoms with Gasteiger partial charge in [-0.25, -0.2) is 4.98 Å². The predicted molar refractivity (Wildman–Crippen MR) is 68.3 cm³/mol. The molecule has 4 nitrogen and oxygen atoms in total. The maximum atomic E-state index is 5.53. The molecule has 0 bridgehead atoms. The topological polar surface area (TPSA) is 43.4 Å². The van der Waals surface area contributed by atoms with Crippen molar-refractivity contribution in [3.63, 3.8) is 0 Å². The molecular weight excluding hydrogens is 216 g/mol. The summed E-state index contributed by atoms with van der Waals surface area (Å²) in [5, 5.41) is 3.18. The van der Waals surface area contributed by atoms with Crippen molar-refractivity contribution in [3.8, 4) is 5.88 Å². The van der Waals surface area contributed by atoms with Crippen LogP contribution in [-0.4, -0.2) is 31.3 Å². The summed E-state index contributed by atoms with van der Waals surface area (Å²) in [5.41, 5.74) is 1.17. The van der Waals surface area contributed by atoms with Gasteiger partial charge in [0.15, 0.2) is 0 Å². The van der Waals surface area contributed by atoms with Crippen LogP contribution in [0.5, 0.6) is 5.88 Å². The summed E-state index contributed by atoms with van der Waals surface area (Å²) in [6.07, 6.45) is 2.00. The molecule has 1 aromatic heterocycles. The highest BCUT2D eigenvalue weighted by Crippen LogP contribution is 2.15. The van der Waals surface area contributed by atoms with Crippen molar-refractivity contribution in [3.05, 3.63) is 23.9 Å². The summed E-state index contributed by atoms with van der Waals surface area (Å²) in [7, 11) is 1.93. The Balaban J connectivity index is 2.43. The Morgan fingerprint density at radius 3 is 2.71 bits per heavy atom. The third-order valence-corrected chi connectivity index (χ3v) is 2.48. The number of rotatable bonds is 7. The van der Waals surface area contributed by atoms with Crippen LogP contribution in [0.25, 0.3) is 0 Å². The monoisotopic (exact) mass is 238 g/mol. The van der Waals surface area contributed by atoms with Gasteiger partial charge < -0.3 is 14.8 Å². The van der Waals surface area contributed by atoms with E-state index in [2.05, 4.69) is 17.2 Å². The maximum Gasteiger partial charge on any atom is 0.213 e. The zero-order chi connectivity index (χ0) is 12.7. The lowest BCUT2D eigenvalue weighted by atomic mass is 10.1. The van der Waals surface area contributed by atoms with Gasteiger partial charge in [-0.1, -0.05) is 0 Å². The van der Waals surface area contributed by atoms with Gasteiger partial charge in [0.05, 0.1) is 12.7 Å². The summed E-state index contributed by atoms with van der Waals surface area (Å²) in [6.45, 7) is 7.23. The zero-order valence-electron chi connectivity index (χ0n) is 11.1. The summed E-state index contributed by atoms with van der Waals surface area (Å²) in [4.78, 5) is 4.17. The van der Waals surface area contributed by atoms with Crippen molar-refractivity contribution >= 4 is 0 Å². The third-order valence-electron chi connectivity index (χ3n) is 2.48. The van der Waals surface area contributed by atoms with Crippen LogP contribution in [0.1, 0.15) is 32.4 Å².